The molecule has 0 N–H and O–H groups in total. The lowest BCUT2D eigenvalue weighted by atomic mass is 10.3. The van der Waals surface area contributed by atoms with E-state index in [1.54, 1.807) is 6.92 Å². The van der Waals surface area contributed by atoms with Crippen LogP contribution in [-0.2, 0) is 0 Å². The molecule has 0 atom stereocenters. The van der Waals surface area contributed by atoms with Gasteiger partial charge in [-0.25, -0.2) is 0 Å². The summed E-state index contributed by atoms with van der Waals surface area (Å²) >= 11 is 3.04. The van der Waals surface area contributed by atoms with E-state index < -0.39 is 4.92 Å². The van der Waals surface area contributed by atoms with Crippen molar-refractivity contribution >= 4 is 21.6 Å². The topological polar surface area (TPSA) is 65.3 Å². The van der Waals surface area contributed by atoms with Gasteiger partial charge in [-0.05, 0) is 22.9 Å². The van der Waals surface area contributed by atoms with E-state index >= 15 is 0 Å². The van der Waals surface area contributed by atoms with Gasteiger partial charge in [-0.2, -0.15) is 0 Å². The van der Waals surface area contributed by atoms with Crippen LogP contribution in [0.15, 0.2) is 10.7 Å². The molecule has 0 aliphatic heterocycles. The number of methoxy groups -OCH3 is 1. The van der Waals surface area contributed by atoms with Gasteiger partial charge in [-0.15, -0.1) is 0 Å². The Hall–Kier alpha value is -1.17. The van der Waals surface area contributed by atoms with Crippen molar-refractivity contribution in [2.75, 3.05) is 7.11 Å². The monoisotopic (exact) mass is 246 g/mol. The van der Waals surface area contributed by atoms with Crippen molar-refractivity contribution < 1.29 is 9.66 Å². The van der Waals surface area contributed by atoms with Crippen LogP contribution in [0.1, 0.15) is 5.69 Å². The zero-order valence-corrected chi connectivity index (χ0v) is 8.66. The zero-order valence-electron chi connectivity index (χ0n) is 7.07. The fourth-order valence-electron chi connectivity index (χ4n) is 0.968. The summed E-state index contributed by atoms with van der Waals surface area (Å²) in [6.45, 7) is 1.65. The van der Waals surface area contributed by atoms with Crippen LogP contribution in [0, 0.1) is 17.0 Å². The van der Waals surface area contributed by atoms with Crippen LogP contribution in [0.25, 0.3) is 0 Å². The quantitative estimate of drug-likeness (QED) is 0.592. The van der Waals surface area contributed by atoms with E-state index in [4.69, 9.17) is 4.74 Å². The Morgan fingerprint density at radius 1 is 1.69 bits per heavy atom. The van der Waals surface area contributed by atoms with Crippen LogP contribution < -0.4 is 4.74 Å². The molecule has 0 aromatic carbocycles. The molecule has 1 aromatic heterocycles. The Kier molecular flexibility index (Phi) is 2.82. The van der Waals surface area contributed by atoms with Gasteiger partial charge in [0.1, 0.15) is 4.47 Å². The molecule has 0 spiro atoms. The molecule has 0 aliphatic carbocycles. The molecular formula is C7H7BrN2O3. The highest BCUT2D eigenvalue weighted by molar-refractivity contribution is 9.10. The molecule has 0 radical (unpaired) electrons. The van der Waals surface area contributed by atoms with Crippen molar-refractivity contribution in [2.24, 2.45) is 0 Å². The number of aryl methyl sites for hydroxylation is 1. The second-order valence-corrected chi connectivity index (χ2v) is 3.18. The molecule has 6 heteroatoms. The third kappa shape index (κ3) is 1.77. The van der Waals surface area contributed by atoms with Gasteiger partial charge in [0.2, 0.25) is 5.75 Å². The zero-order chi connectivity index (χ0) is 10.0. The lowest BCUT2D eigenvalue weighted by Crippen LogP contribution is -1.98. The van der Waals surface area contributed by atoms with Crippen molar-refractivity contribution in [2.45, 2.75) is 6.92 Å². The van der Waals surface area contributed by atoms with E-state index in [2.05, 4.69) is 20.9 Å². The molecule has 1 heterocycles. The van der Waals surface area contributed by atoms with Crippen molar-refractivity contribution in [1.29, 1.82) is 0 Å². The Balaban J connectivity index is 3.43. The van der Waals surface area contributed by atoms with E-state index in [0.29, 0.717) is 10.2 Å². The summed E-state index contributed by atoms with van der Waals surface area (Å²) in [5.74, 6) is 0.194. The maximum absolute atomic E-state index is 10.6. The average Bonchev–Trinajstić information content (AvgIpc) is 2.07. The Labute approximate surface area is 83.0 Å². The van der Waals surface area contributed by atoms with Crippen molar-refractivity contribution in [3.8, 4) is 5.75 Å². The first-order valence-corrected chi connectivity index (χ1v) is 4.20. The highest BCUT2D eigenvalue weighted by Gasteiger charge is 2.21. The summed E-state index contributed by atoms with van der Waals surface area (Å²) in [5, 5.41) is 10.6. The first-order chi connectivity index (χ1) is 6.07. The van der Waals surface area contributed by atoms with Crippen molar-refractivity contribution in [1.82, 2.24) is 4.98 Å². The molecule has 0 aliphatic rings. The van der Waals surface area contributed by atoms with Crippen LogP contribution in [0.4, 0.5) is 5.69 Å². The lowest BCUT2D eigenvalue weighted by Gasteiger charge is -2.04. The van der Waals surface area contributed by atoms with Crippen LogP contribution >= 0.6 is 15.9 Å². The second kappa shape index (κ2) is 3.69. The lowest BCUT2D eigenvalue weighted by molar-refractivity contribution is -0.386. The number of hydrogen-bond donors (Lipinski definition) is 0. The maximum Gasteiger partial charge on any atom is 0.328 e. The summed E-state index contributed by atoms with van der Waals surface area (Å²) in [6.07, 6.45) is 1.38. The number of ether oxygens (including phenoxy) is 1. The van der Waals surface area contributed by atoms with Gasteiger partial charge in [0, 0.05) is 6.20 Å². The first-order valence-electron chi connectivity index (χ1n) is 3.41. The molecule has 0 unspecified atom stereocenters. The Morgan fingerprint density at radius 3 is 2.69 bits per heavy atom. The summed E-state index contributed by atoms with van der Waals surface area (Å²) < 4.78 is 5.20. The number of halogens is 1. The third-order valence-electron chi connectivity index (χ3n) is 1.53. The molecular weight excluding hydrogens is 240 g/mol. The molecule has 0 saturated heterocycles. The van der Waals surface area contributed by atoms with E-state index in [1.165, 1.54) is 13.3 Å². The molecule has 70 valence electrons. The van der Waals surface area contributed by atoms with E-state index in [9.17, 15) is 10.1 Å². The maximum atomic E-state index is 10.6. The number of rotatable bonds is 2. The van der Waals surface area contributed by atoms with Gasteiger partial charge >= 0.3 is 5.69 Å². The summed E-state index contributed by atoms with van der Waals surface area (Å²) in [6, 6.07) is 0. The van der Waals surface area contributed by atoms with Gasteiger partial charge in [-0.3, -0.25) is 15.1 Å². The number of pyridine rings is 1. The van der Waals surface area contributed by atoms with Crippen molar-refractivity contribution in [3.63, 3.8) is 0 Å². The first kappa shape index (κ1) is 9.91. The highest BCUT2D eigenvalue weighted by atomic mass is 79.9. The second-order valence-electron chi connectivity index (χ2n) is 2.33. The minimum Gasteiger partial charge on any atom is -0.489 e. The largest absolute Gasteiger partial charge is 0.489 e. The van der Waals surface area contributed by atoms with E-state index in [0.717, 1.165) is 0 Å². The number of aromatic nitrogens is 1. The molecule has 0 fully saturated rings. The molecule has 0 bridgehead atoms. The van der Waals surface area contributed by atoms with Gasteiger partial charge in [0.15, 0.2) is 0 Å². The minimum absolute atomic E-state index is 0.0880. The molecule has 5 nitrogen and oxygen atoms in total. The average molecular weight is 247 g/mol. The van der Waals surface area contributed by atoms with Crippen LogP contribution in [0.2, 0.25) is 0 Å². The van der Waals surface area contributed by atoms with Crippen molar-refractivity contribution in [3.05, 3.63) is 26.5 Å². The molecule has 1 aromatic rings. The molecule has 1 rings (SSSR count). The fourth-order valence-corrected chi connectivity index (χ4v) is 1.39. The third-order valence-corrected chi connectivity index (χ3v) is 2.11. The summed E-state index contributed by atoms with van der Waals surface area (Å²) in [4.78, 5) is 14.0. The van der Waals surface area contributed by atoms with Crippen LogP contribution in [0.5, 0.6) is 5.75 Å². The smallest absolute Gasteiger partial charge is 0.328 e. The SMILES string of the molecule is COc1c(C)ncc(Br)c1[N+](=O)[O-]. The number of hydrogen-bond acceptors (Lipinski definition) is 4. The summed E-state index contributed by atoms with van der Waals surface area (Å²) in [5.41, 5.74) is 0.410. The molecule has 0 amide bonds. The van der Waals surface area contributed by atoms with Gasteiger partial charge in [0.05, 0.1) is 17.7 Å². The Morgan fingerprint density at radius 2 is 2.31 bits per heavy atom. The minimum atomic E-state index is -0.502. The van der Waals surface area contributed by atoms with E-state index in [-0.39, 0.29) is 11.4 Å². The van der Waals surface area contributed by atoms with E-state index in [1.807, 2.05) is 0 Å². The molecule has 0 saturated carbocycles. The van der Waals surface area contributed by atoms with Gasteiger partial charge < -0.3 is 4.74 Å². The normalized spacial score (nSPS) is 9.77. The number of nitrogens with zero attached hydrogens (tertiary/aromatic N) is 2. The van der Waals surface area contributed by atoms with Crippen LogP contribution in [-0.4, -0.2) is 17.0 Å². The van der Waals surface area contributed by atoms with Crippen LogP contribution in [0.3, 0.4) is 0 Å². The van der Waals surface area contributed by atoms with Gasteiger partial charge in [-0.1, -0.05) is 0 Å². The standard InChI is InChI=1S/C7H7BrN2O3/c1-4-7(13-2)6(10(11)12)5(8)3-9-4/h3H,1-2H3. The Bertz CT molecular complexity index is 354. The highest BCUT2D eigenvalue weighted by Crippen LogP contribution is 2.35. The predicted molar refractivity (Wildman–Crippen MR) is 49.9 cm³/mol. The predicted octanol–water partition coefficient (Wildman–Crippen LogP) is 2.07. The summed E-state index contributed by atoms with van der Waals surface area (Å²) in [7, 11) is 1.38. The fraction of sp³-hybridized carbons (Fsp3) is 0.286. The molecule has 13 heavy (non-hydrogen) atoms. The number of nitro groups is 1. The van der Waals surface area contributed by atoms with Gasteiger partial charge in [0.25, 0.3) is 0 Å².